The standard InChI is InChI=1S/C19H20N6O3/c1-23-5-4-11-8-24(9-14(11)23)19(27)12-7-13(15-3-2-6-28-15)25-10-21-16(17(20)26)18(25)22-12/h2-3,6-7,10-11,14H,4-5,8-9H2,1H3,(H2,20,26)/t11-,14+/m1/s1. The van der Waals surface area contributed by atoms with E-state index in [0.29, 0.717) is 30.0 Å². The quantitative estimate of drug-likeness (QED) is 0.722. The number of carbonyl (C=O) groups is 2. The first kappa shape index (κ1) is 16.9. The van der Waals surface area contributed by atoms with Gasteiger partial charge in [-0.05, 0) is 44.1 Å². The van der Waals surface area contributed by atoms with E-state index in [1.807, 2.05) is 4.90 Å². The molecule has 144 valence electrons. The third-order valence-corrected chi connectivity index (χ3v) is 5.84. The smallest absolute Gasteiger partial charge is 0.272 e. The first-order valence-electron chi connectivity index (χ1n) is 9.24. The first-order chi connectivity index (χ1) is 13.5. The molecule has 0 radical (unpaired) electrons. The third kappa shape index (κ3) is 2.50. The molecule has 5 heterocycles. The lowest BCUT2D eigenvalue weighted by molar-refractivity contribution is 0.0768. The maximum atomic E-state index is 13.2. The van der Waals surface area contributed by atoms with E-state index >= 15 is 0 Å². The van der Waals surface area contributed by atoms with Gasteiger partial charge in [-0.2, -0.15) is 0 Å². The molecule has 0 aliphatic carbocycles. The van der Waals surface area contributed by atoms with Crippen molar-refractivity contribution in [1.29, 1.82) is 0 Å². The number of nitrogens with zero attached hydrogens (tertiary/aromatic N) is 5. The zero-order valence-corrected chi connectivity index (χ0v) is 15.4. The Kier molecular flexibility index (Phi) is 3.73. The van der Waals surface area contributed by atoms with Crippen molar-refractivity contribution in [2.24, 2.45) is 11.7 Å². The molecular weight excluding hydrogens is 360 g/mol. The zero-order chi connectivity index (χ0) is 19.4. The Morgan fingerprint density at radius 2 is 2.18 bits per heavy atom. The summed E-state index contributed by atoms with van der Waals surface area (Å²) in [6, 6.07) is 5.61. The topological polar surface area (TPSA) is 110 Å². The van der Waals surface area contributed by atoms with Gasteiger partial charge in [0.15, 0.2) is 17.1 Å². The summed E-state index contributed by atoms with van der Waals surface area (Å²) in [5.74, 6) is 0.198. The second-order valence-electron chi connectivity index (χ2n) is 7.46. The summed E-state index contributed by atoms with van der Waals surface area (Å²) >= 11 is 0. The van der Waals surface area contributed by atoms with Crippen molar-refractivity contribution in [3.8, 4) is 11.5 Å². The Morgan fingerprint density at radius 3 is 2.89 bits per heavy atom. The van der Waals surface area contributed by atoms with E-state index in [0.717, 1.165) is 19.5 Å². The van der Waals surface area contributed by atoms with Crippen LogP contribution < -0.4 is 5.73 Å². The van der Waals surface area contributed by atoms with E-state index in [1.165, 1.54) is 6.33 Å². The van der Waals surface area contributed by atoms with E-state index in [1.54, 1.807) is 28.9 Å². The number of amides is 2. The summed E-state index contributed by atoms with van der Waals surface area (Å²) in [4.78, 5) is 37.6. The van der Waals surface area contributed by atoms with Gasteiger partial charge in [0.1, 0.15) is 12.0 Å². The Hall–Kier alpha value is -3.20. The van der Waals surface area contributed by atoms with Crippen molar-refractivity contribution in [3.63, 3.8) is 0 Å². The molecule has 0 aromatic carbocycles. The molecule has 0 saturated carbocycles. The summed E-state index contributed by atoms with van der Waals surface area (Å²) in [6.07, 6.45) is 4.11. The summed E-state index contributed by atoms with van der Waals surface area (Å²) in [5.41, 5.74) is 6.57. The molecule has 2 saturated heterocycles. The van der Waals surface area contributed by atoms with Crippen LogP contribution >= 0.6 is 0 Å². The van der Waals surface area contributed by atoms with Gasteiger partial charge in [-0.15, -0.1) is 0 Å². The number of rotatable bonds is 3. The fourth-order valence-electron chi connectivity index (χ4n) is 4.37. The van der Waals surface area contributed by atoms with Crippen molar-refractivity contribution < 1.29 is 14.0 Å². The molecule has 9 nitrogen and oxygen atoms in total. The number of primary amides is 1. The number of carbonyl (C=O) groups excluding carboxylic acids is 2. The van der Waals surface area contributed by atoms with Crippen LogP contribution in [0.15, 0.2) is 35.2 Å². The molecule has 0 bridgehead atoms. The second-order valence-corrected chi connectivity index (χ2v) is 7.46. The number of hydrogen-bond donors (Lipinski definition) is 1. The second kappa shape index (κ2) is 6.16. The Morgan fingerprint density at radius 1 is 1.32 bits per heavy atom. The van der Waals surface area contributed by atoms with Crippen molar-refractivity contribution in [1.82, 2.24) is 24.2 Å². The average Bonchev–Trinajstić information content (AvgIpc) is 3.45. The normalized spacial score (nSPS) is 22.1. The number of fused-ring (bicyclic) bond motifs is 2. The predicted octanol–water partition coefficient (Wildman–Crippen LogP) is 0.864. The molecule has 3 aromatic heterocycles. The monoisotopic (exact) mass is 380 g/mol. The third-order valence-electron chi connectivity index (χ3n) is 5.84. The molecule has 9 heteroatoms. The Labute approximate surface area is 160 Å². The highest BCUT2D eigenvalue weighted by molar-refractivity contribution is 5.99. The van der Waals surface area contributed by atoms with E-state index in [-0.39, 0.29) is 22.9 Å². The van der Waals surface area contributed by atoms with Gasteiger partial charge in [0.25, 0.3) is 11.8 Å². The van der Waals surface area contributed by atoms with Crippen LogP contribution in [0.1, 0.15) is 27.4 Å². The number of likely N-dealkylation sites (N-methyl/N-ethyl adjacent to an activating group) is 1. The van der Waals surface area contributed by atoms with E-state index in [2.05, 4.69) is 21.9 Å². The fourth-order valence-corrected chi connectivity index (χ4v) is 4.37. The molecular formula is C19H20N6O3. The molecule has 3 aromatic rings. The van der Waals surface area contributed by atoms with Crippen LogP contribution in [-0.4, -0.2) is 68.7 Å². The maximum Gasteiger partial charge on any atom is 0.272 e. The largest absolute Gasteiger partial charge is 0.463 e. The van der Waals surface area contributed by atoms with Crippen molar-refractivity contribution in [2.45, 2.75) is 12.5 Å². The molecule has 2 aliphatic rings. The number of hydrogen-bond acceptors (Lipinski definition) is 6. The van der Waals surface area contributed by atoms with Gasteiger partial charge < -0.3 is 20.0 Å². The molecule has 5 rings (SSSR count). The Bertz CT molecular complexity index is 1070. The highest BCUT2D eigenvalue weighted by Gasteiger charge is 2.41. The summed E-state index contributed by atoms with van der Waals surface area (Å²) in [5, 5.41) is 0. The van der Waals surface area contributed by atoms with Gasteiger partial charge in [0, 0.05) is 19.1 Å². The van der Waals surface area contributed by atoms with Crippen molar-refractivity contribution in [3.05, 3.63) is 42.2 Å². The van der Waals surface area contributed by atoms with E-state index in [9.17, 15) is 9.59 Å². The van der Waals surface area contributed by atoms with Gasteiger partial charge in [0.2, 0.25) is 0 Å². The molecule has 2 aliphatic heterocycles. The number of imidazole rings is 1. The summed E-state index contributed by atoms with van der Waals surface area (Å²) < 4.78 is 7.12. The molecule has 2 atom stereocenters. The van der Waals surface area contributed by atoms with Crippen LogP contribution in [0, 0.1) is 5.92 Å². The number of likely N-dealkylation sites (tertiary alicyclic amines) is 2. The van der Waals surface area contributed by atoms with Crippen LogP contribution in [0.3, 0.4) is 0 Å². The molecule has 28 heavy (non-hydrogen) atoms. The average molecular weight is 380 g/mol. The summed E-state index contributed by atoms with van der Waals surface area (Å²) in [7, 11) is 2.10. The van der Waals surface area contributed by atoms with E-state index in [4.69, 9.17) is 10.2 Å². The SMILES string of the molecule is CN1CC[C@@H]2CN(C(=O)c3cc(-c4ccco4)n4cnc(C(N)=O)c4n3)C[C@@H]21. The first-order valence-corrected chi connectivity index (χ1v) is 9.24. The lowest BCUT2D eigenvalue weighted by Crippen LogP contribution is -2.35. The molecule has 0 unspecified atom stereocenters. The van der Waals surface area contributed by atoms with Crippen LogP contribution in [0.5, 0.6) is 0 Å². The number of aromatic nitrogens is 3. The van der Waals surface area contributed by atoms with Crippen LogP contribution in [0.2, 0.25) is 0 Å². The minimum atomic E-state index is -0.692. The minimum Gasteiger partial charge on any atom is -0.463 e. The van der Waals surface area contributed by atoms with E-state index < -0.39 is 5.91 Å². The lowest BCUT2D eigenvalue weighted by atomic mass is 10.1. The minimum absolute atomic E-state index is 0.0282. The molecule has 2 amide bonds. The zero-order valence-electron chi connectivity index (χ0n) is 15.4. The van der Waals surface area contributed by atoms with Gasteiger partial charge in [0.05, 0.1) is 12.0 Å². The highest BCUT2D eigenvalue weighted by Crippen LogP contribution is 2.31. The van der Waals surface area contributed by atoms with Gasteiger partial charge in [-0.1, -0.05) is 0 Å². The number of nitrogens with two attached hydrogens (primary N) is 1. The molecule has 2 N–H and O–H groups in total. The predicted molar refractivity (Wildman–Crippen MR) is 99.6 cm³/mol. The van der Waals surface area contributed by atoms with Gasteiger partial charge in [-0.25, -0.2) is 9.97 Å². The molecule has 0 spiro atoms. The van der Waals surface area contributed by atoms with Gasteiger partial charge >= 0.3 is 0 Å². The lowest BCUT2D eigenvalue weighted by Gasteiger charge is -2.20. The summed E-state index contributed by atoms with van der Waals surface area (Å²) in [6.45, 7) is 2.48. The van der Waals surface area contributed by atoms with Crippen molar-refractivity contribution >= 4 is 17.5 Å². The van der Waals surface area contributed by atoms with Crippen LogP contribution in [0.4, 0.5) is 0 Å². The van der Waals surface area contributed by atoms with Crippen LogP contribution in [0.25, 0.3) is 17.1 Å². The Balaban J connectivity index is 1.58. The van der Waals surface area contributed by atoms with Crippen LogP contribution in [-0.2, 0) is 0 Å². The number of furan rings is 1. The molecule has 2 fully saturated rings. The van der Waals surface area contributed by atoms with Gasteiger partial charge in [-0.3, -0.25) is 14.0 Å². The fraction of sp³-hybridized carbons (Fsp3) is 0.368. The van der Waals surface area contributed by atoms with Crippen molar-refractivity contribution in [2.75, 3.05) is 26.7 Å². The highest BCUT2D eigenvalue weighted by atomic mass is 16.3. The maximum absolute atomic E-state index is 13.2.